The number of hydrogen-bond donors (Lipinski definition) is 0. The number of rotatable bonds is 2. The summed E-state index contributed by atoms with van der Waals surface area (Å²) in [6.07, 6.45) is 1.11. The lowest BCUT2D eigenvalue weighted by Crippen LogP contribution is -1.83. The van der Waals surface area contributed by atoms with E-state index in [1.54, 1.807) is 0 Å². The van der Waals surface area contributed by atoms with Crippen LogP contribution in [0.1, 0.15) is 13.3 Å². The molecule has 0 amide bonds. The minimum Gasteiger partial charge on any atom is -0.300 e. The molecule has 0 atom stereocenters. The Balaban J connectivity index is 3.45. The molecule has 0 unspecified atom stereocenters. The quantitative estimate of drug-likeness (QED) is 0.568. The SMILES string of the molecule is CC(=O)C/C=C(/F)Cl. The van der Waals surface area contributed by atoms with Gasteiger partial charge in [0.15, 0.2) is 5.29 Å². The largest absolute Gasteiger partial charge is 0.300 e. The Morgan fingerprint density at radius 2 is 2.38 bits per heavy atom. The molecule has 0 heterocycles. The van der Waals surface area contributed by atoms with E-state index in [-0.39, 0.29) is 12.2 Å². The first-order valence-electron chi connectivity index (χ1n) is 2.13. The molecule has 0 aliphatic carbocycles. The first-order chi connectivity index (χ1) is 3.63. The van der Waals surface area contributed by atoms with Gasteiger partial charge in [0.2, 0.25) is 0 Å². The van der Waals surface area contributed by atoms with Gasteiger partial charge in [-0.15, -0.1) is 0 Å². The van der Waals surface area contributed by atoms with E-state index in [9.17, 15) is 9.18 Å². The number of halogens is 2. The number of carbonyl (C=O) groups excluding carboxylic acids is 1. The first kappa shape index (κ1) is 7.63. The fraction of sp³-hybridized carbons (Fsp3) is 0.400. The standard InChI is InChI=1S/C5H6ClFO/c1-4(8)2-3-5(6)7/h3H,2H2,1H3/b5-3+. The Labute approximate surface area is 52.1 Å². The smallest absolute Gasteiger partial charge is 0.185 e. The molecule has 8 heavy (non-hydrogen) atoms. The van der Waals surface area contributed by atoms with Crippen LogP contribution in [-0.2, 0) is 4.79 Å². The Hall–Kier alpha value is -0.370. The summed E-state index contributed by atoms with van der Waals surface area (Å²) in [5.74, 6) is -0.0965. The summed E-state index contributed by atoms with van der Waals surface area (Å²) in [4.78, 5) is 10.1. The zero-order chi connectivity index (χ0) is 6.57. The highest BCUT2D eigenvalue weighted by molar-refractivity contribution is 6.28. The Kier molecular flexibility index (Phi) is 3.44. The molecule has 0 spiro atoms. The van der Waals surface area contributed by atoms with Crippen molar-refractivity contribution in [3.63, 3.8) is 0 Å². The molecular weight excluding hydrogens is 131 g/mol. The lowest BCUT2D eigenvalue weighted by Gasteiger charge is -1.80. The second kappa shape index (κ2) is 3.61. The van der Waals surface area contributed by atoms with Gasteiger partial charge in [-0.2, -0.15) is 4.39 Å². The van der Waals surface area contributed by atoms with Crippen LogP contribution in [-0.4, -0.2) is 5.78 Å². The van der Waals surface area contributed by atoms with Gasteiger partial charge in [-0.05, 0) is 13.0 Å². The van der Waals surface area contributed by atoms with E-state index in [4.69, 9.17) is 11.6 Å². The van der Waals surface area contributed by atoms with Crippen molar-refractivity contribution in [2.45, 2.75) is 13.3 Å². The van der Waals surface area contributed by atoms with Gasteiger partial charge in [0.25, 0.3) is 0 Å². The molecule has 0 saturated heterocycles. The predicted octanol–water partition coefficient (Wildman–Crippen LogP) is 2.02. The molecule has 0 saturated carbocycles. The van der Waals surface area contributed by atoms with Crippen molar-refractivity contribution in [2.75, 3.05) is 0 Å². The minimum absolute atomic E-state index is 0.0787. The van der Waals surface area contributed by atoms with Gasteiger partial charge in [-0.1, -0.05) is 11.6 Å². The van der Waals surface area contributed by atoms with E-state index in [1.807, 2.05) is 0 Å². The zero-order valence-electron chi connectivity index (χ0n) is 4.45. The van der Waals surface area contributed by atoms with Crippen LogP contribution in [0, 0.1) is 0 Å². The van der Waals surface area contributed by atoms with Crippen LogP contribution in [0.2, 0.25) is 0 Å². The van der Waals surface area contributed by atoms with Crippen molar-refractivity contribution in [3.8, 4) is 0 Å². The molecule has 3 heteroatoms. The fourth-order valence-corrected chi connectivity index (χ4v) is 0.298. The summed E-state index contributed by atoms with van der Waals surface area (Å²) in [6.45, 7) is 1.37. The predicted molar refractivity (Wildman–Crippen MR) is 30.3 cm³/mol. The van der Waals surface area contributed by atoms with E-state index >= 15 is 0 Å². The molecule has 0 N–H and O–H groups in total. The van der Waals surface area contributed by atoms with Crippen molar-refractivity contribution in [1.82, 2.24) is 0 Å². The lowest BCUT2D eigenvalue weighted by molar-refractivity contribution is -0.116. The molecule has 0 aliphatic rings. The maximum atomic E-state index is 11.5. The topological polar surface area (TPSA) is 17.1 Å². The van der Waals surface area contributed by atoms with Crippen molar-refractivity contribution in [2.24, 2.45) is 0 Å². The first-order valence-corrected chi connectivity index (χ1v) is 2.51. The van der Waals surface area contributed by atoms with Gasteiger partial charge in [0.05, 0.1) is 0 Å². The summed E-state index contributed by atoms with van der Waals surface area (Å²) < 4.78 is 11.5. The van der Waals surface area contributed by atoms with Crippen LogP contribution >= 0.6 is 11.6 Å². The van der Waals surface area contributed by atoms with Gasteiger partial charge in [0.1, 0.15) is 5.78 Å². The van der Waals surface area contributed by atoms with E-state index < -0.39 is 5.29 Å². The van der Waals surface area contributed by atoms with Gasteiger partial charge < -0.3 is 0 Å². The van der Waals surface area contributed by atoms with Crippen LogP contribution in [0.3, 0.4) is 0 Å². The number of ketones is 1. The molecule has 0 aromatic heterocycles. The Bertz CT molecular complexity index is 116. The third-order valence-corrected chi connectivity index (χ3v) is 0.698. The summed E-state index contributed by atoms with van der Waals surface area (Å²) >= 11 is 4.76. The number of carbonyl (C=O) groups is 1. The van der Waals surface area contributed by atoms with Crippen LogP contribution in [0.25, 0.3) is 0 Å². The Morgan fingerprint density at radius 3 is 2.50 bits per heavy atom. The molecule has 46 valence electrons. The fourth-order valence-electron chi connectivity index (χ4n) is 0.221. The van der Waals surface area contributed by atoms with Crippen LogP contribution in [0.5, 0.6) is 0 Å². The van der Waals surface area contributed by atoms with Gasteiger partial charge in [-0.25, -0.2) is 0 Å². The molecule has 0 bridgehead atoms. The normalized spacial score (nSPS) is 11.6. The van der Waals surface area contributed by atoms with Crippen LogP contribution in [0.4, 0.5) is 4.39 Å². The van der Waals surface area contributed by atoms with E-state index in [0.29, 0.717) is 0 Å². The minimum atomic E-state index is -0.819. The second-order valence-corrected chi connectivity index (χ2v) is 1.76. The van der Waals surface area contributed by atoms with Crippen LogP contribution < -0.4 is 0 Å². The average Bonchev–Trinajstić information content (AvgIpc) is 1.61. The van der Waals surface area contributed by atoms with Gasteiger partial charge in [-0.3, -0.25) is 4.79 Å². The monoisotopic (exact) mass is 136 g/mol. The molecule has 0 aliphatic heterocycles. The average molecular weight is 137 g/mol. The highest BCUT2D eigenvalue weighted by atomic mass is 35.5. The van der Waals surface area contributed by atoms with Gasteiger partial charge in [0, 0.05) is 6.42 Å². The number of allylic oxidation sites excluding steroid dienone is 1. The number of hydrogen-bond acceptors (Lipinski definition) is 1. The third kappa shape index (κ3) is 5.63. The lowest BCUT2D eigenvalue weighted by atomic mass is 10.3. The summed E-state index contributed by atoms with van der Waals surface area (Å²) in [5, 5.41) is -0.819. The van der Waals surface area contributed by atoms with Crippen molar-refractivity contribution in [1.29, 1.82) is 0 Å². The van der Waals surface area contributed by atoms with E-state index in [1.165, 1.54) is 6.92 Å². The maximum Gasteiger partial charge on any atom is 0.185 e. The summed E-state index contributed by atoms with van der Waals surface area (Å²) in [7, 11) is 0. The van der Waals surface area contributed by atoms with E-state index in [2.05, 4.69) is 0 Å². The van der Waals surface area contributed by atoms with Crippen molar-refractivity contribution in [3.05, 3.63) is 11.4 Å². The van der Waals surface area contributed by atoms with Crippen molar-refractivity contribution >= 4 is 17.4 Å². The summed E-state index contributed by atoms with van der Waals surface area (Å²) in [6, 6.07) is 0. The maximum absolute atomic E-state index is 11.5. The molecule has 0 radical (unpaired) electrons. The van der Waals surface area contributed by atoms with E-state index in [0.717, 1.165) is 6.08 Å². The molecule has 0 aromatic carbocycles. The molecule has 0 fully saturated rings. The Morgan fingerprint density at radius 1 is 1.88 bits per heavy atom. The number of Topliss-reactive ketones (excluding diaryl/α,β-unsaturated/α-hetero) is 1. The highest BCUT2D eigenvalue weighted by Crippen LogP contribution is 2.02. The molecule has 1 nitrogen and oxygen atoms in total. The van der Waals surface area contributed by atoms with Crippen LogP contribution in [0.15, 0.2) is 11.4 Å². The summed E-state index contributed by atoms with van der Waals surface area (Å²) in [5.41, 5.74) is 0. The molecule has 0 aromatic rings. The molecule has 0 rings (SSSR count). The molecular formula is C5H6ClFO. The third-order valence-electron chi connectivity index (χ3n) is 0.544. The van der Waals surface area contributed by atoms with Crippen molar-refractivity contribution < 1.29 is 9.18 Å². The van der Waals surface area contributed by atoms with Gasteiger partial charge >= 0.3 is 0 Å². The zero-order valence-corrected chi connectivity index (χ0v) is 5.20. The highest BCUT2D eigenvalue weighted by Gasteiger charge is 1.88. The second-order valence-electron chi connectivity index (χ2n) is 1.40.